The van der Waals surface area contributed by atoms with Crippen LogP contribution in [0.4, 0.5) is 4.39 Å². The number of hydrogen-bond acceptors (Lipinski definition) is 2. The maximum absolute atomic E-state index is 13.2. The van der Waals surface area contributed by atoms with E-state index in [2.05, 4.69) is 0 Å². The maximum Gasteiger partial charge on any atom is 0.138 e. The molecule has 1 unspecified atom stereocenters. The van der Waals surface area contributed by atoms with Crippen LogP contribution >= 0.6 is 0 Å². The van der Waals surface area contributed by atoms with Crippen LogP contribution in [-0.4, -0.2) is 8.76 Å². The molecular weight excluding hydrogens is 203 g/mol. The molecular formula is C10H12FO2S-. The molecule has 0 saturated heterocycles. The van der Waals surface area contributed by atoms with Crippen LogP contribution in [0.1, 0.15) is 26.3 Å². The van der Waals surface area contributed by atoms with E-state index in [9.17, 15) is 13.2 Å². The molecule has 0 fully saturated rings. The molecule has 1 aromatic rings. The van der Waals surface area contributed by atoms with Crippen LogP contribution in [0.25, 0.3) is 0 Å². The lowest BCUT2D eigenvalue weighted by atomic mass is 9.87. The monoisotopic (exact) mass is 215 g/mol. The summed E-state index contributed by atoms with van der Waals surface area (Å²) in [6.45, 7) is 5.82. The maximum atomic E-state index is 13.2. The Morgan fingerprint density at radius 3 is 2.29 bits per heavy atom. The topological polar surface area (TPSA) is 40.1 Å². The Morgan fingerprint density at radius 1 is 1.36 bits per heavy atom. The predicted molar refractivity (Wildman–Crippen MR) is 52.3 cm³/mol. The second-order valence-corrected chi connectivity index (χ2v) is 5.04. The second-order valence-electron chi connectivity index (χ2n) is 4.13. The van der Waals surface area contributed by atoms with Gasteiger partial charge in [-0.05, 0) is 34.2 Å². The van der Waals surface area contributed by atoms with Crippen molar-refractivity contribution in [2.24, 2.45) is 0 Å². The largest absolute Gasteiger partial charge is 0.768 e. The Labute approximate surface area is 85.4 Å². The summed E-state index contributed by atoms with van der Waals surface area (Å²) in [6, 6.07) is 4.19. The summed E-state index contributed by atoms with van der Waals surface area (Å²) in [5.41, 5.74) is 0.605. The van der Waals surface area contributed by atoms with Crippen LogP contribution in [0, 0.1) is 5.82 Å². The van der Waals surface area contributed by atoms with Crippen LogP contribution < -0.4 is 0 Å². The molecule has 2 nitrogen and oxygen atoms in total. The van der Waals surface area contributed by atoms with Gasteiger partial charge in [0, 0.05) is 0 Å². The van der Waals surface area contributed by atoms with Gasteiger partial charge in [0.1, 0.15) is 5.82 Å². The van der Waals surface area contributed by atoms with E-state index >= 15 is 0 Å². The zero-order valence-corrected chi connectivity index (χ0v) is 9.15. The Morgan fingerprint density at radius 2 is 1.93 bits per heavy atom. The summed E-state index contributed by atoms with van der Waals surface area (Å²) < 4.78 is 34.3. The molecule has 78 valence electrons. The van der Waals surface area contributed by atoms with Gasteiger partial charge in [-0.2, -0.15) is 0 Å². The van der Waals surface area contributed by atoms with E-state index in [1.807, 2.05) is 20.8 Å². The highest BCUT2D eigenvalue weighted by Crippen LogP contribution is 2.24. The fourth-order valence-electron chi connectivity index (χ4n) is 1.10. The van der Waals surface area contributed by atoms with E-state index in [1.54, 1.807) is 6.07 Å². The van der Waals surface area contributed by atoms with Crippen LogP contribution in [0.2, 0.25) is 0 Å². The van der Waals surface area contributed by atoms with Crippen LogP contribution in [0.5, 0.6) is 0 Å². The Balaban J connectivity index is 3.20. The standard InChI is InChI=1S/C10H13FO2S/c1-10(2,3)7-4-5-9(14(12)13)8(11)6-7/h4-6H,1-3H3,(H,12,13)/p-1. The quantitative estimate of drug-likeness (QED) is 0.675. The molecule has 0 amide bonds. The summed E-state index contributed by atoms with van der Waals surface area (Å²) in [6.07, 6.45) is 0. The van der Waals surface area contributed by atoms with Gasteiger partial charge in [0.15, 0.2) is 0 Å². The van der Waals surface area contributed by atoms with Crippen molar-refractivity contribution in [1.29, 1.82) is 0 Å². The molecule has 0 aromatic heterocycles. The van der Waals surface area contributed by atoms with Crippen molar-refractivity contribution in [2.45, 2.75) is 31.1 Å². The SMILES string of the molecule is CC(C)(C)c1ccc(S(=O)[O-])c(F)c1. The molecule has 0 aliphatic carbocycles. The molecule has 0 heterocycles. The van der Waals surface area contributed by atoms with E-state index in [-0.39, 0.29) is 10.3 Å². The third-order valence-electron chi connectivity index (χ3n) is 1.98. The molecule has 0 spiro atoms. The molecule has 1 rings (SSSR count). The molecule has 0 aliphatic heterocycles. The summed E-state index contributed by atoms with van der Waals surface area (Å²) in [4.78, 5) is -0.280. The van der Waals surface area contributed by atoms with Crippen molar-refractivity contribution >= 4 is 11.1 Å². The lowest BCUT2D eigenvalue weighted by molar-refractivity contribution is 0.518. The normalized spacial score (nSPS) is 14.1. The molecule has 1 atom stereocenters. The predicted octanol–water partition coefficient (Wildman–Crippen LogP) is 2.36. The average Bonchev–Trinajstić information content (AvgIpc) is 2.01. The molecule has 4 heteroatoms. The van der Waals surface area contributed by atoms with Gasteiger partial charge in [-0.1, -0.05) is 26.8 Å². The van der Waals surface area contributed by atoms with E-state index < -0.39 is 16.9 Å². The molecule has 0 N–H and O–H groups in total. The zero-order valence-electron chi connectivity index (χ0n) is 8.33. The highest BCUT2D eigenvalue weighted by Gasteiger charge is 2.15. The molecule has 0 saturated carbocycles. The first-order valence-corrected chi connectivity index (χ1v) is 5.29. The van der Waals surface area contributed by atoms with Crippen LogP contribution in [0.15, 0.2) is 23.1 Å². The van der Waals surface area contributed by atoms with Gasteiger partial charge in [0.05, 0.1) is 4.90 Å². The Hall–Kier alpha value is -0.740. The smallest absolute Gasteiger partial charge is 0.138 e. The minimum Gasteiger partial charge on any atom is -0.768 e. The first kappa shape index (κ1) is 11.3. The van der Waals surface area contributed by atoms with Gasteiger partial charge in [0.25, 0.3) is 0 Å². The third kappa shape index (κ3) is 2.39. The number of benzene rings is 1. The summed E-state index contributed by atoms with van der Waals surface area (Å²) in [7, 11) is 0. The van der Waals surface area contributed by atoms with Gasteiger partial charge in [-0.25, -0.2) is 4.39 Å². The van der Waals surface area contributed by atoms with Crippen LogP contribution in [0.3, 0.4) is 0 Å². The van der Waals surface area contributed by atoms with Gasteiger partial charge in [-0.15, -0.1) is 0 Å². The van der Waals surface area contributed by atoms with Gasteiger partial charge in [0.2, 0.25) is 0 Å². The molecule has 1 aromatic carbocycles. The Kier molecular flexibility index (Phi) is 3.07. The fourth-order valence-corrected chi connectivity index (χ4v) is 1.50. The van der Waals surface area contributed by atoms with E-state index in [4.69, 9.17) is 0 Å². The highest BCUT2D eigenvalue weighted by molar-refractivity contribution is 7.79. The second kappa shape index (κ2) is 3.79. The Bertz CT molecular complexity index is 369. The van der Waals surface area contributed by atoms with Gasteiger partial charge < -0.3 is 4.55 Å². The van der Waals surface area contributed by atoms with E-state index in [0.717, 1.165) is 5.56 Å². The number of rotatable bonds is 1. The van der Waals surface area contributed by atoms with Crippen molar-refractivity contribution in [3.8, 4) is 0 Å². The average molecular weight is 215 g/mol. The van der Waals surface area contributed by atoms with E-state index in [0.29, 0.717) is 0 Å². The van der Waals surface area contributed by atoms with Gasteiger partial charge >= 0.3 is 0 Å². The lowest BCUT2D eigenvalue weighted by Crippen LogP contribution is -2.11. The third-order valence-corrected chi connectivity index (χ3v) is 2.67. The van der Waals surface area contributed by atoms with Crippen molar-refractivity contribution < 1.29 is 13.2 Å². The van der Waals surface area contributed by atoms with Crippen molar-refractivity contribution in [3.05, 3.63) is 29.6 Å². The summed E-state index contributed by atoms with van der Waals surface area (Å²) >= 11 is -2.50. The number of hydrogen-bond donors (Lipinski definition) is 0. The highest BCUT2D eigenvalue weighted by atomic mass is 32.2. The van der Waals surface area contributed by atoms with Crippen LogP contribution in [-0.2, 0) is 16.5 Å². The zero-order chi connectivity index (χ0) is 10.9. The molecule has 0 radical (unpaired) electrons. The summed E-state index contributed by atoms with van der Waals surface area (Å²) in [5.74, 6) is -0.689. The molecule has 14 heavy (non-hydrogen) atoms. The van der Waals surface area contributed by atoms with E-state index in [1.165, 1.54) is 12.1 Å². The van der Waals surface area contributed by atoms with Crippen molar-refractivity contribution in [1.82, 2.24) is 0 Å². The van der Waals surface area contributed by atoms with Crippen molar-refractivity contribution in [2.75, 3.05) is 0 Å². The fraction of sp³-hybridized carbons (Fsp3) is 0.400. The first-order valence-electron chi connectivity index (χ1n) is 4.21. The summed E-state index contributed by atoms with van der Waals surface area (Å²) in [5, 5.41) is 0. The molecule has 0 aliphatic rings. The lowest BCUT2D eigenvalue weighted by Gasteiger charge is -2.19. The number of halogens is 1. The van der Waals surface area contributed by atoms with Gasteiger partial charge in [-0.3, -0.25) is 4.21 Å². The minimum atomic E-state index is -2.50. The van der Waals surface area contributed by atoms with Crippen molar-refractivity contribution in [3.63, 3.8) is 0 Å². The minimum absolute atomic E-state index is 0.177. The first-order chi connectivity index (χ1) is 6.32. The molecule has 0 bridgehead atoms.